The first-order valence-corrected chi connectivity index (χ1v) is 5.43. The highest BCUT2D eigenvalue weighted by Crippen LogP contribution is 2.03. The van der Waals surface area contributed by atoms with Crippen LogP contribution in [0.15, 0.2) is 22.3 Å². The molecule has 1 heterocycles. The molecular formula is C10H17N5O3. The Hall–Kier alpha value is -2.09. The number of rotatable bonds is 7. The van der Waals surface area contributed by atoms with Gasteiger partial charge in [-0.2, -0.15) is 0 Å². The highest BCUT2D eigenvalue weighted by atomic mass is 16.5. The van der Waals surface area contributed by atoms with Gasteiger partial charge in [-0.1, -0.05) is 5.16 Å². The monoisotopic (exact) mass is 255 g/mol. The predicted molar refractivity (Wildman–Crippen MR) is 67.0 cm³/mol. The average Bonchev–Trinajstić information content (AvgIpc) is 2.39. The molecule has 0 aliphatic heterocycles. The van der Waals surface area contributed by atoms with Crippen molar-refractivity contribution >= 4 is 11.7 Å². The minimum atomic E-state index is -0.284. The lowest BCUT2D eigenvalue weighted by molar-refractivity contribution is 0.205. The quantitative estimate of drug-likeness (QED) is 0.258. The molecule has 8 heteroatoms. The van der Waals surface area contributed by atoms with Gasteiger partial charge in [-0.3, -0.25) is 4.79 Å². The summed E-state index contributed by atoms with van der Waals surface area (Å²) in [5.74, 6) is 0.394. The van der Waals surface area contributed by atoms with E-state index in [0.29, 0.717) is 31.9 Å². The van der Waals surface area contributed by atoms with Gasteiger partial charge in [0.15, 0.2) is 5.82 Å². The maximum absolute atomic E-state index is 11.6. The minimum Gasteiger partial charge on any atom is -0.409 e. The molecule has 0 aliphatic carbocycles. The molecule has 1 aromatic rings. The Morgan fingerprint density at radius 1 is 1.67 bits per heavy atom. The normalized spacial score (nSPS) is 11.5. The molecule has 4 N–H and O–H groups in total. The van der Waals surface area contributed by atoms with Crippen LogP contribution in [0.25, 0.3) is 0 Å². The van der Waals surface area contributed by atoms with Crippen molar-refractivity contribution in [2.24, 2.45) is 10.9 Å². The van der Waals surface area contributed by atoms with Gasteiger partial charge in [-0.25, -0.2) is 4.98 Å². The largest absolute Gasteiger partial charge is 0.409 e. The van der Waals surface area contributed by atoms with Gasteiger partial charge in [0.1, 0.15) is 5.84 Å². The number of nitrogens with zero attached hydrogens (tertiary/aromatic N) is 3. The van der Waals surface area contributed by atoms with Gasteiger partial charge >= 0.3 is 0 Å². The summed E-state index contributed by atoms with van der Waals surface area (Å²) in [5, 5.41) is 11.4. The summed E-state index contributed by atoms with van der Waals surface area (Å²) in [7, 11) is 1.57. The van der Waals surface area contributed by atoms with Gasteiger partial charge in [0, 0.05) is 39.0 Å². The number of ether oxygens (including phenoxy) is 1. The first kappa shape index (κ1) is 14.0. The van der Waals surface area contributed by atoms with Gasteiger partial charge in [-0.15, -0.1) is 0 Å². The zero-order valence-corrected chi connectivity index (χ0v) is 10.2. The number of hydrogen-bond donors (Lipinski definition) is 3. The molecule has 100 valence electrons. The molecule has 0 spiro atoms. The second kappa shape index (κ2) is 7.28. The number of anilines is 1. The molecule has 1 rings (SSSR count). The van der Waals surface area contributed by atoms with Crippen LogP contribution in [0.2, 0.25) is 0 Å². The Labute approximate surface area is 104 Å². The molecule has 18 heavy (non-hydrogen) atoms. The van der Waals surface area contributed by atoms with Gasteiger partial charge in [0.2, 0.25) is 0 Å². The average molecular weight is 255 g/mol. The van der Waals surface area contributed by atoms with Gasteiger partial charge in [-0.05, 0) is 0 Å². The molecule has 1 aromatic heterocycles. The summed E-state index contributed by atoms with van der Waals surface area (Å²) in [6.07, 6.45) is 3.29. The van der Waals surface area contributed by atoms with E-state index in [1.54, 1.807) is 12.0 Å². The van der Waals surface area contributed by atoms with E-state index >= 15 is 0 Å². The molecule has 0 saturated carbocycles. The number of oxime groups is 1. The lowest BCUT2D eigenvalue weighted by Gasteiger charge is -2.21. The summed E-state index contributed by atoms with van der Waals surface area (Å²) in [6, 6.07) is 0. The molecule has 0 aliphatic rings. The fourth-order valence-electron chi connectivity index (χ4n) is 1.39. The lowest BCUT2D eigenvalue weighted by Crippen LogP contribution is -2.35. The number of hydrogen-bond acceptors (Lipinski definition) is 6. The third-order valence-corrected chi connectivity index (χ3v) is 2.32. The SMILES string of the molecule is COCCN(CC/C(N)=N/O)c1ncc[nH]c1=O. The Balaban J connectivity index is 2.78. The van der Waals surface area contributed by atoms with Gasteiger partial charge < -0.3 is 25.6 Å². The molecule has 0 unspecified atom stereocenters. The number of nitrogens with two attached hydrogens (primary N) is 1. The lowest BCUT2D eigenvalue weighted by atomic mass is 10.3. The Kier molecular flexibility index (Phi) is 5.65. The summed E-state index contributed by atoms with van der Waals surface area (Å²) in [6.45, 7) is 1.36. The van der Waals surface area contributed by atoms with Crippen LogP contribution in [0.5, 0.6) is 0 Å². The van der Waals surface area contributed by atoms with E-state index in [2.05, 4.69) is 15.1 Å². The summed E-state index contributed by atoms with van der Waals surface area (Å²) < 4.78 is 4.97. The molecule has 0 amide bonds. The van der Waals surface area contributed by atoms with Crippen LogP contribution in [-0.2, 0) is 4.74 Å². The second-order valence-electron chi connectivity index (χ2n) is 3.56. The third-order valence-electron chi connectivity index (χ3n) is 2.32. The van der Waals surface area contributed by atoms with Crippen LogP contribution in [0, 0.1) is 0 Å². The fraction of sp³-hybridized carbons (Fsp3) is 0.500. The first-order valence-electron chi connectivity index (χ1n) is 5.43. The van der Waals surface area contributed by atoms with E-state index in [9.17, 15) is 4.79 Å². The van der Waals surface area contributed by atoms with E-state index in [-0.39, 0.29) is 11.4 Å². The van der Waals surface area contributed by atoms with Crippen molar-refractivity contribution in [3.63, 3.8) is 0 Å². The van der Waals surface area contributed by atoms with Crippen molar-refractivity contribution < 1.29 is 9.94 Å². The van der Waals surface area contributed by atoms with E-state index < -0.39 is 0 Å². The van der Waals surface area contributed by atoms with E-state index in [1.165, 1.54) is 12.4 Å². The number of H-pyrrole nitrogens is 1. The van der Waals surface area contributed by atoms with Crippen LogP contribution >= 0.6 is 0 Å². The van der Waals surface area contributed by atoms with Crippen LogP contribution < -0.4 is 16.2 Å². The van der Waals surface area contributed by atoms with Crippen molar-refractivity contribution in [1.29, 1.82) is 0 Å². The van der Waals surface area contributed by atoms with Crippen molar-refractivity contribution in [2.45, 2.75) is 6.42 Å². The van der Waals surface area contributed by atoms with Crippen molar-refractivity contribution in [3.8, 4) is 0 Å². The van der Waals surface area contributed by atoms with Gasteiger partial charge in [0.05, 0.1) is 6.61 Å². The van der Waals surface area contributed by atoms with E-state index in [1.807, 2.05) is 0 Å². The fourth-order valence-corrected chi connectivity index (χ4v) is 1.39. The second-order valence-corrected chi connectivity index (χ2v) is 3.56. The zero-order chi connectivity index (χ0) is 13.4. The van der Waals surface area contributed by atoms with Gasteiger partial charge in [0.25, 0.3) is 5.56 Å². The molecule has 0 saturated heterocycles. The summed E-state index contributed by atoms with van der Waals surface area (Å²) in [4.78, 5) is 19.9. The van der Waals surface area contributed by atoms with E-state index in [4.69, 9.17) is 15.7 Å². The number of methoxy groups -OCH3 is 1. The molecule has 0 radical (unpaired) electrons. The summed E-state index contributed by atoms with van der Waals surface area (Å²) >= 11 is 0. The Morgan fingerprint density at radius 3 is 3.06 bits per heavy atom. The number of aromatic nitrogens is 2. The van der Waals surface area contributed by atoms with E-state index in [0.717, 1.165) is 0 Å². The van der Waals surface area contributed by atoms with Crippen LogP contribution in [-0.4, -0.2) is 47.8 Å². The molecular weight excluding hydrogens is 238 g/mol. The smallest absolute Gasteiger partial charge is 0.290 e. The highest BCUT2D eigenvalue weighted by molar-refractivity contribution is 5.80. The van der Waals surface area contributed by atoms with Crippen LogP contribution in [0.4, 0.5) is 5.82 Å². The van der Waals surface area contributed by atoms with Crippen LogP contribution in [0.3, 0.4) is 0 Å². The zero-order valence-electron chi connectivity index (χ0n) is 10.2. The third kappa shape index (κ3) is 4.06. The number of nitrogens with one attached hydrogen (secondary N) is 1. The van der Waals surface area contributed by atoms with Crippen LogP contribution in [0.1, 0.15) is 6.42 Å². The molecule has 0 aromatic carbocycles. The highest BCUT2D eigenvalue weighted by Gasteiger charge is 2.12. The Bertz CT molecular complexity index is 445. The minimum absolute atomic E-state index is 0.102. The van der Waals surface area contributed by atoms with Crippen molar-refractivity contribution in [2.75, 3.05) is 31.7 Å². The topological polar surface area (TPSA) is 117 Å². The van der Waals surface area contributed by atoms with Crippen molar-refractivity contribution in [3.05, 3.63) is 22.7 Å². The molecule has 8 nitrogen and oxygen atoms in total. The molecule has 0 atom stereocenters. The van der Waals surface area contributed by atoms with Crippen molar-refractivity contribution in [1.82, 2.24) is 9.97 Å². The first-order chi connectivity index (χ1) is 8.69. The molecule has 0 bridgehead atoms. The molecule has 0 fully saturated rings. The standard InChI is InChI=1S/C10H17N5O3/c1-18-7-6-15(5-2-8(11)14-17)9-10(16)13-4-3-12-9/h3-4,17H,2,5-7H2,1H3,(H2,11,14)(H,13,16). The predicted octanol–water partition coefficient (Wildman–Crippen LogP) is -0.641. The number of aromatic amines is 1. The number of amidine groups is 1. The Morgan fingerprint density at radius 2 is 2.44 bits per heavy atom. The maximum Gasteiger partial charge on any atom is 0.290 e. The summed E-state index contributed by atoms with van der Waals surface area (Å²) in [5.41, 5.74) is 5.12. The maximum atomic E-state index is 11.6.